The number of hydrogen-bond donors (Lipinski definition) is 0. The van der Waals surface area contributed by atoms with Crippen LogP contribution in [0.1, 0.15) is 13.8 Å². The third-order valence-corrected chi connectivity index (χ3v) is 1.46. The summed E-state index contributed by atoms with van der Waals surface area (Å²) in [6.45, 7) is 3.60. The van der Waals surface area contributed by atoms with Gasteiger partial charge < -0.3 is 9.64 Å². The molecule has 4 nitrogen and oxygen atoms in total. The molecule has 1 amide bonds. The van der Waals surface area contributed by atoms with Crippen molar-refractivity contribution in [3.63, 3.8) is 0 Å². The number of likely N-dealkylation sites (N-methyl/N-ethyl adjacent to an activating group) is 1. The van der Waals surface area contributed by atoms with Gasteiger partial charge in [0.2, 0.25) is 5.91 Å². The van der Waals surface area contributed by atoms with E-state index >= 15 is 0 Å². The van der Waals surface area contributed by atoms with Crippen LogP contribution < -0.4 is 0 Å². The number of amides is 1. The van der Waals surface area contributed by atoms with Gasteiger partial charge in [-0.2, -0.15) is 0 Å². The molecule has 0 spiro atoms. The summed E-state index contributed by atoms with van der Waals surface area (Å²) in [5.74, 6) is -0.536. The van der Waals surface area contributed by atoms with Gasteiger partial charge >= 0.3 is 5.97 Å². The van der Waals surface area contributed by atoms with E-state index in [0.29, 0.717) is 0 Å². The number of nitrogens with zero attached hydrogens (tertiary/aromatic N) is 1. The standard InChI is InChI=1S/C8H15NO3/c1-6(2)8(11)9(3)5-7(10)12-4/h6H,5H2,1-4H3. The minimum Gasteiger partial charge on any atom is -0.468 e. The van der Waals surface area contributed by atoms with E-state index in [1.165, 1.54) is 12.0 Å². The van der Waals surface area contributed by atoms with Crippen LogP contribution >= 0.6 is 0 Å². The Hall–Kier alpha value is -1.06. The lowest BCUT2D eigenvalue weighted by Crippen LogP contribution is -2.35. The molecule has 0 saturated heterocycles. The molecule has 0 aliphatic heterocycles. The smallest absolute Gasteiger partial charge is 0.325 e. The molecule has 0 N–H and O–H groups in total. The highest BCUT2D eigenvalue weighted by Crippen LogP contribution is 1.98. The van der Waals surface area contributed by atoms with Crippen LogP contribution in [-0.2, 0) is 14.3 Å². The van der Waals surface area contributed by atoms with Gasteiger partial charge in [0.1, 0.15) is 6.54 Å². The number of carbonyl (C=O) groups is 2. The number of ether oxygens (including phenoxy) is 1. The van der Waals surface area contributed by atoms with Crippen LogP contribution in [0.4, 0.5) is 0 Å². The van der Waals surface area contributed by atoms with Crippen molar-refractivity contribution in [1.29, 1.82) is 0 Å². The van der Waals surface area contributed by atoms with Gasteiger partial charge in [-0.1, -0.05) is 13.8 Å². The molecule has 0 aliphatic rings. The van der Waals surface area contributed by atoms with E-state index < -0.39 is 5.97 Å². The zero-order chi connectivity index (χ0) is 9.72. The first-order chi connectivity index (χ1) is 5.49. The minimum atomic E-state index is -0.397. The Morgan fingerprint density at radius 1 is 1.42 bits per heavy atom. The second-order valence-corrected chi connectivity index (χ2v) is 2.93. The van der Waals surface area contributed by atoms with Gasteiger partial charge in [0.05, 0.1) is 7.11 Å². The second-order valence-electron chi connectivity index (χ2n) is 2.93. The van der Waals surface area contributed by atoms with Gasteiger partial charge in [-0.25, -0.2) is 0 Å². The average molecular weight is 173 g/mol. The Labute approximate surface area is 72.5 Å². The van der Waals surface area contributed by atoms with Crippen molar-refractivity contribution in [3.8, 4) is 0 Å². The van der Waals surface area contributed by atoms with Crippen molar-refractivity contribution in [3.05, 3.63) is 0 Å². The molecule has 12 heavy (non-hydrogen) atoms. The molecule has 0 aliphatic carbocycles. The average Bonchev–Trinajstić information content (AvgIpc) is 2.02. The summed E-state index contributed by atoms with van der Waals surface area (Å²) in [6.07, 6.45) is 0. The maximum absolute atomic E-state index is 11.2. The molecule has 0 atom stereocenters. The summed E-state index contributed by atoms with van der Waals surface area (Å²) in [6, 6.07) is 0. The first-order valence-corrected chi connectivity index (χ1v) is 3.80. The third-order valence-electron chi connectivity index (χ3n) is 1.46. The molecule has 0 rings (SSSR count). The van der Waals surface area contributed by atoms with Gasteiger partial charge in [0, 0.05) is 13.0 Å². The number of hydrogen-bond acceptors (Lipinski definition) is 3. The van der Waals surface area contributed by atoms with E-state index in [4.69, 9.17) is 0 Å². The molecular weight excluding hydrogens is 158 g/mol. The molecule has 0 bridgehead atoms. The van der Waals surface area contributed by atoms with Gasteiger partial charge in [-0.05, 0) is 0 Å². The summed E-state index contributed by atoms with van der Waals surface area (Å²) in [5.41, 5.74) is 0. The van der Waals surface area contributed by atoms with Crippen molar-refractivity contribution < 1.29 is 14.3 Å². The van der Waals surface area contributed by atoms with E-state index in [1.807, 2.05) is 0 Å². The Morgan fingerprint density at radius 2 is 1.92 bits per heavy atom. The summed E-state index contributed by atoms with van der Waals surface area (Å²) in [4.78, 5) is 23.3. The SMILES string of the molecule is COC(=O)CN(C)C(=O)C(C)C. The van der Waals surface area contributed by atoms with Crippen LogP contribution in [0.2, 0.25) is 0 Å². The highest BCUT2D eigenvalue weighted by molar-refractivity contribution is 5.82. The topological polar surface area (TPSA) is 46.6 Å². The van der Waals surface area contributed by atoms with E-state index in [9.17, 15) is 9.59 Å². The fourth-order valence-electron chi connectivity index (χ4n) is 0.777. The number of methoxy groups -OCH3 is 1. The van der Waals surface area contributed by atoms with Crippen LogP contribution in [0, 0.1) is 5.92 Å². The fraction of sp³-hybridized carbons (Fsp3) is 0.750. The van der Waals surface area contributed by atoms with Crippen LogP contribution in [0.3, 0.4) is 0 Å². The number of carbonyl (C=O) groups excluding carboxylic acids is 2. The van der Waals surface area contributed by atoms with E-state index in [-0.39, 0.29) is 18.4 Å². The van der Waals surface area contributed by atoms with Gasteiger partial charge in [0.15, 0.2) is 0 Å². The Bertz CT molecular complexity index is 177. The summed E-state index contributed by atoms with van der Waals surface area (Å²) < 4.78 is 4.42. The van der Waals surface area contributed by atoms with Crippen LogP contribution in [0.25, 0.3) is 0 Å². The molecule has 0 fully saturated rings. The molecular formula is C8H15NO3. The van der Waals surface area contributed by atoms with Crippen LogP contribution in [-0.4, -0.2) is 37.5 Å². The Kier molecular flexibility index (Phi) is 4.33. The Morgan fingerprint density at radius 3 is 2.25 bits per heavy atom. The molecule has 0 unspecified atom stereocenters. The Balaban J connectivity index is 3.95. The van der Waals surface area contributed by atoms with Crippen LogP contribution in [0.15, 0.2) is 0 Å². The van der Waals surface area contributed by atoms with Crippen molar-refractivity contribution in [2.24, 2.45) is 5.92 Å². The maximum Gasteiger partial charge on any atom is 0.325 e. The van der Waals surface area contributed by atoms with Gasteiger partial charge in [0.25, 0.3) is 0 Å². The molecule has 70 valence electrons. The lowest BCUT2D eigenvalue weighted by molar-refractivity contribution is -0.147. The van der Waals surface area contributed by atoms with Crippen molar-refractivity contribution in [2.45, 2.75) is 13.8 Å². The maximum atomic E-state index is 11.2. The molecule has 0 radical (unpaired) electrons. The highest BCUT2D eigenvalue weighted by atomic mass is 16.5. The second kappa shape index (κ2) is 4.74. The van der Waals surface area contributed by atoms with E-state index in [1.54, 1.807) is 20.9 Å². The van der Waals surface area contributed by atoms with Crippen molar-refractivity contribution in [2.75, 3.05) is 20.7 Å². The summed E-state index contributed by atoms with van der Waals surface area (Å²) >= 11 is 0. The lowest BCUT2D eigenvalue weighted by Gasteiger charge is -2.17. The lowest BCUT2D eigenvalue weighted by atomic mass is 10.2. The highest BCUT2D eigenvalue weighted by Gasteiger charge is 2.15. The quantitative estimate of drug-likeness (QED) is 0.576. The first kappa shape index (κ1) is 10.9. The molecule has 0 heterocycles. The molecule has 0 aromatic heterocycles. The molecule has 4 heteroatoms. The fourth-order valence-corrected chi connectivity index (χ4v) is 0.777. The summed E-state index contributed by atoms with van der Waals surface area (Å²) in [7, 11) is 2.88. The molecule has 0 aromatic rings. The van der Waals surface area contributed by atoms with E-state index in [2.05, 4.69) is 4.74 Å². The van der Waals surface area contributed by atoms with Gasteiger partial charge in [-0.15, -0.1) is 0 Å². The van der Waals surface area contributed by atoms with E-state index in [0.717, 1.165) is 0 Å². The third kappa shape index (κ3) is 3.37. The largest absolute Gasteiger partial charge is 0.468 e. The molecule has 0 saturated carbocycles. The predicted octanol–water partition coefficient (Wildman–Crippen LogP) is 0.274. The number of esters is 1. The minimum absolute atomic E-state index is 0.0213. The predicted molar refractivity (Wildman–Crippen MR) is 44.5 cm³/mol. The summed E-state index contributed by atoms with van der Waals surface area (Å²) in [5, 5.41) is 0. The molecule has 0 aromatic carbocycles. The zero-order valence-electron chi connectivity index (χ0n) is 7.96. The van der Waals surface area contributed by atoms with Crippen molar-refractivity contribution >= 4 is 11.9 Å². The van der Waals surface area contributed by atoms with Gasteiger partial charge in [-0.3, -0.25) is 9.59 Å². The van der Waals surface area contributed by atoms with Crippen molar-refractivity contribution in [1.82, 2.24) is 4.90 Å². The monoisotopic (exact) mass is 173 g/mol. The first-order valence-electron chi connectivity index (χ1n) is 3.80. The zero-order valence-corrected chi connectivity index (χ0v) is 7.96. The van der Waals surface area contributed by atoms with Crippen LogP contribution in [0.5, 0.6) is 0 Å². The number of rotatable bonds is 3. The normalized spacial score (nSPS) is 9.75.